The van der Waals surface area contributed by atoms with E-state index in [1.54, 1.807) is 0 Å². The second-order valence-corrected chi connectivity index (χ2v) is 7.05. The van der Waals surface area contributed by atoms with Gasteiger partial charge in [-0.3, -0.25) is 4.90 Å². The highest BCUT2D eigenvalue weighted by molar-refractivity contribution is 6.31. The molecule has 110 valence electrons. The highest BCUT2D eigenvalue weighted by Gasteiger charge is 2.40. The maximum Gasteiger partial charge on any atom is 0.0482 e. The second-order valence-electron chi connectivity index (χ2n) is 6.65. The van der Waals surface area contributed by atoms with Crippen LogP contribution in [0, 0.1) is 17.8 Å². The molecule has 0 radical (unpaired) electrons. The molecule has 3 rings (SSSR count). The number of hydrogen-bond donors (Lipinski definition) is 1. The van der Waals surface area contributed by atoms with Crippen LogP contribution in [0.3, 0.4) is 0 Å². The summed E-state index contributed by atoms with van der Waals surface area (Å²) in [7, 11) is 2.20. The number of fused-ring (bicyclic) bond motifs is 2. The number of nitrogens with two attached hydrogens (primary N) is 1. The maximum atomic E-state index is 6.34. The van der Waals surface area contributed by atoms with Crippen molar-refractivity contribution in [2.24, 2.45) is 23.5 Å². The van der Waals surface area contributed by atoms with Crippen molar-refractivity contribution in [3.05, 3.63) is 34.9 Å². The topological polar surface area (TPSA) is 29.3 Å². The summed E-state index contributed by atoms with van der Waals surface area (Å²) in [6.45, 7) is 1.79. The van der Waals surface area contributed by atoms with Gasteiger partial charge in [-0.2, -0.15) is 0 Å². The Morgan fingerprint density at radius 2 is 2.10 bits per heavy atom. The smallest absolute Gasteiger partial charge is 0.0482 e. The van der Waals surface area contributed by atoms with Crippen molar-refractivity contribution in [1.29, 1.82) is 0 Å². The van der Waals surface area contributed by atoms with Crippen LogP contribution in [0.25, 0.3) is 0 Å². The standard InChI is InChI=1S/C17H25ClN2/c1-20(11-14-9-12-6-7-13(14)8-12)17(10-19)15-4-2-3-5-16(15)18/h2-5,12-14,17H,6-11,19H2,1H3. The van der Waals surface area contributed by atoms with E-state index in [4.69, 9.17) is 17.3 Å². The lowest BCUT2D eigenvalue weighted by molar-refractivity contribution is 0.176. The summed E-state index contributed by atoms with van der Waals surface area (Å²) in [5, 5.41) is 0.836. The molecule has 0 heterocycles. The molecule has 20 heavy (non-hydrogen) atoms. The van der Waals surface area contributed by atoms with Gasteiger partial charge in [0.15, 0.2) is 0 Å². The Kier molecular flexibility index (Phi) is 4.34. The Morgan fingerprint density at radius 1 is 1.30 bits per heavy atom. The molecule has 4 unspecified atom stereocenters. The zero-order valence-electron chi connectivity index (χ0n) is 12.3. The number of hydrogen-bond acceptors (Lipinski definition) is 2. The zero-order valence-corrected chi connectivity index (χ0v) is 13.0. The molecule has 2 bridgehead atoms. The van der Waals surface area contributed by atoms with Crippen LogP contribution in [0.2, 0.25) is 5.02 Å². The first kappa shape index (κ1) is 14.4. The van der Waals surface area contributed by atoms with Crippen molar-refractivity contribution in [1.82, 2.24) is 4.90 Å². The fraction of sp³-hybridized carbons (Fsp3) is 0.647. The van der Waals surface area contributed by atoms with Gasteiger partial charge in [-0.25, -0.2) is 0 Å². The summed E-state index contributed by atoms with van der Waals surface area (Å²) in [6, 6.07) is 8.34. The molecule has 2 aliphatic carbocycles. The van der Waals surface area contributed by atoms with Gasteiger partial charge in [0, 0.05) is 24.2 Å². The Hall–Kier alpha value is -0.570. The second kappa shape index (κ2) is 6.05. The average molecular weight is 293 g/mol. The van der Waals surface area contributed by atoms with Crippen LogP contribution in [0.1, 0.15) is 37.3 Å². The molecular weight excluding hydrogens is 268 g/mol. The molecular formula is C17H25ClN2. The van der Waals surface area contributed by atoms with E-state index in [0.29, 0.717) is 6.54 Å². The molecule has 1 aromatic rings. The lowest BCUT2D eigenvalue weighted by Crippen LogP contribution is -2.35. The lowest BCUT2D eigenvalue weighted by Gasteiger charge is -2.33. The van der Waals surface area contributed by atoms with E-state index in [-0.39, 0.29) is 6.04 Å². The predicted octanol–water partition coefficient (Wildman–Crippen LogP) is 3.71. The number of benzene rings is 1. The summed E-state index contributed by atoms with van der Waals surface area (Å²) in [5.74, 6) is 2.84. The first-order valence-electron chi connectivity index (χ1n) is 7.83. The van der Waals surface area contributed by atoms with Gasteiger partial charge in [0.25, 0.3) is 0 Å². The summed E-state index contributed by atoms with van der Waals surface area (Å²) >= 11 is 6.34. The molecule has 3 heteroatoms. The maximum absolute atomic E-state index is 6.34. The monoisotopic (exact) mass is 292 g/mol. The summed E-state index contributed by atoms with van der Waals surface area (Å²) in [6.07, 6.45) is 5.81. The molecule has 0 saturated heterocycles. The van der Waals surface area contributed by atoms with Gasteiger partial charge in [0.2, 0.25) is 0 Å². The minimum atomic E-state index is 0.239. The van der Waals surface area contributed by atoms with E-state index in [9.17, 15) is 0 Å². The molecule has 0 aromatic heterocycles. The van der Waals surface area contributed by atoms with Crippen molar-refractivity contribution in [2.45, 2.75) is 31.7 Å². The van der Waals surface area contributed by atoms with Crippen LogP contribution in [0.5, 0.6) is 0 Å². The number of rotatable bonds is 5. The molecule has 2 aliphatic rings. The van der Waals surface area contributed by atoms with Crippen LogP contribution in [-0.2, 0) is 0 Å². The predicted molar refractivity (Wildman–Crippen MR) is 84.8 cm³/mol. The third-order valence-electron chi connectivity index (χ3n) is 5.43. The SMILES string of the molecule is CN(CC1CC2CCC1C2)C(CN)c1ccccc1Cl. The highest BCUT2D eigenvalue weighted by Crippen LogP contribution is 2.48. The van der Waals surface area contributed by atoms with Gasteiger partial charge in [-0.1, -0.05) is 36.2 Å². The molecule has 1 aromatic carbocycles. The van der Waals surface area contributed by atoms with Gasteiger partial charge < -0.3 is 5.73 Å². The van der Waals surface area contributed by atoms with Gasteiger partial charge in [0.1, 0.15) is 0 Å². The number of halogens is 1. The molecule has 0 aliphatic heterocycles. The number of nitrogens with zero attached hydrogens (tertiary/aromatic N) is 1. The Labute approximate surface area is 127 Å². The lowest BCUT2D eigenvalue weighted by atomic mass is 9.88. The molecule has 0 amide bonds. The van der Waals surface area contributed by atoms with Crippen LogP contribution in [0.15, 0.2) is 24.3 Å². The summed E-state index contributed by atoms with van der Waals surface area (Å²) in [4.78, 5) is 2.42. The van der Waals surface area contributed by atoms with Gasteiger partial charge in [-0.15, -0.1) is 0 Å². The van der Waals surface area contributed by atoms with Crippen LogP contribution in [0.4, 0.5) is 0 Å². The molecule has 2 nitrogen and oxygen atoms in total. The Balaban J connectivity index is 1.68. The van der Waals surface area contributed by atoms with Crippen molar-refractivity contribution in [2.75, 3.05) is 20.1 Å². The number of likely N-dealkylation sites (N-methyl/N-ethyl adjacent to an activating group) is 1. The molecule has 2 N–H and O–H groups in total. The Morgan fingerprint density at radius 3 is 2.70 bits per heavy atom. The van der Waals surface area contributed by atoms with Gasteiger partial charge >= 0.3 is 0 Å². The zero-order chi connectivity index (χ0) is 14.1. The van der Waals surface area contributed by atoms with E-state index in [1.165, 1.54) is 31.2 Å². The largest absolute Gasteiger partial charge is 0.329 e. The van der Waals surface area contributed by atoms with E-state index < -0.39 is 0 Å². The van der Waals surface area contributed by atoms with Crippen molar-refractivity contribution >= 4 is 11.6 Å². The summed E-state index contributed by atoms with van der Waals surface area (Å²) < 4.78 is 0. The molecule has 2 fully saturated rings. The van der Waals surface area contributed by atoms with Gasteiger partial charge in [0.05, 0.1) is 0 Å². The third-order valence-corrected chi connectivity index (χ3v) is 5.77. The van der Waals surface area contributed by atoms with E-state index in [2.05, 4.69) is 24.1 Å². The average Bonchev–Trinajstić information content (AvgIpc) is 3.04. The molecule has 4 atom stereocenters. The fourth-order valence-electron chi connectivity index (χ4n) is 4.39. The fourth-order valence-corrected chi connectivity index (χ4v) is 4.65. The van der Waals surface area contributed by atoms with Crippen LogP contribution >= 0.6 is 11.6 Å². The first-order valence-corrected chi connectivity index (χ1v) is 8.21. The normalized spacial score (nSPS) is 30.1. The van der Waals surface area contributed by atoms with Crippen molar-refractivity contribution < 1.29 is 0 Å². The third kappa shape index (κ3) is 2.74. The van der Waals surface area contributed by atoms with Crippen molar-refractivity contribution in [3.8, 4) is 0 Å². The minimum Gasteiger partial charge on any atom is -0.329 e. The quantitative estimate of drug-likeness (QED) is 0.896. The van der Waals surface area contributed by atoms with E-state index in [1.807, 2.05) is 12.1 Å². The molecule has 2 saturated carbocycles. The van der Waals surface area contributed by atoms with E-state index >= 15 is 0 Å². The van der Waals surface area contributed by atoms with Crippen molar-refractivity contribution in [3.63, 3.8) is 0 Å². The van der Waals surface area contributed by atoms with Crippen LogP contribution < -0.4 is 5.73 Å². The van der Waals surface area contributed by atoms with Crippen LogP contribution in [-0.4, -0.2) is 25.0 Å². The minimum absolute atomic E-state index is 0.239. The Bertz CT molecular complexity index is 462. The first-order chi connectivity index (χ1) is 9.69. The summed E-state index contributed by atoms with van der Waals surface area (Å²) in [5.41, 5.74) is 7.19. The van der Waals surface area contributed by atoms with Gasteiger partial charge in [-0.05, 0) is 55.7 Å². The van der Waals surface area contributed by atoms with E-state index in [0.717, 1.165) is 29.3 Å². The molecule has 0 spiro atoms. The highest BCUT2D eigenvalue weighted by atomic mass is 35.5.